The first-order valence-corrected chi connectivity index (χ1v) is 7.30. The summed E-state index contributed by atoms with van der Waals surface area (Å²) in [5.74, 6) is 0. The maximum atomic E-state index is 5.47. The molecular formula is C11H16BrNOS. The van der Waals surface area contributed by atoms with E-state index < -0.39 is 0 Å². The molecule has 0 N–H and O–H groups in total. The quantitative estimate of drug-likeness (QED) is 0.790. The second-order valence-electron chi connectivity index (χ2n) is 3.75. The molecule has 0 aromatic carbocycles. The van der Waals surface area contributed by atoms with Crippen molar-refractivity contribution >= 4 is 27.3 Å². The number of hydrogen-bond acceptors (Lipinski definition) is 3. The van der Waals surface area contributed by atoms with Crippen LogP contribution in [-0.4, -0.2) is 42.6 Å². The maximum absolute atomic E-state index is 5.47. The van der Waals surface area contributed by atoms with E-state index in [1.807, 2.05) is 11.3 Å². The summed E-state index contributed by atoms with van der Waals surface area (Å²) in [7, 11) is 0. The number of morpholine rings is 1. The summed E-state index contributed by atoms with van der Waals surface area (Å²) in [4.78, 5) is 4.01. The first kappa shape index (κ1) is 11.6. The van der Waals surface area contributed by atoms with E-state index in [9.17, 15) is 0 Å². The Labute approximate surface area is 103 Å². The zero-order valence-corrected chi connectivity index (χ0v) is 11.1. The van der Waals surface area contributed by atoms with Gasteiger partial charge in [0.15, 0.2) is 0 Å². The lowest BCUT2D eigenvalue weighted by molar-refractivity contribution is 0.00267. The number of thiophene rings is 1. The predicted molar refractivity (Wildman–Crippen MR) is 68.0 cm³/mol. The van der Waals surface area contributed by atoms with Crippen LogP contribution in [0.25, 0.3) is 0 Å². The van der Waals surface area contributed by atoms with Crippen LogP contribution in [0.2, 0.25) is 0 Å². The minimum Gasteiger partial charge on any atom is -0.378 e. The molecule has 0 radical (unpaired) electrons. The van der Waals surface area contributed by atoms with E-state index in [4.69, 9.17) is 4.74 Å². The lowest BCUT2D eigenvalue weighted by Gasteiger charge is -2.34. The third kappa shape index (κ3) is 3.28. The molecule has 15 heavy (non-hydrogen) atoms. The molecule has 1 aromatic heterocycles. The molecular weight excluding hydrogens is 274 g/mol. The minimum atomic E-state index is 0.554. The molecule has 1 atom stereocenters. The zero-order valence-electron chi connectivity index (χ0n) is 8.69. The molecule has 2 heterocycles. The van der Waals surface area contributed by atoms with Crippen molar-refractivity contribution in [3.8, 4) is 0 Å². The van der Waals surface area contributed by atoms with Gasteiger partial charge in [0.05, 0.1) is 13.2 Å². The molecule has 1 saturated heterocycles. The number of rotatable bonds is 4. The Morgan fingerprint density at radius 2 is 2.53 bits per heavy atom. The Bertz CT molecular complexity index is 278. The van der Waals surface area contributed by atoms with Crippen LogP contribution in [0.1, 0.15) is 4.88 Å². The number of halogens is 1. The van der Waals surface area contributed by atoms with E-state index in [1.54, 1.807) is 0 Å². The fourth-order valence-corrected chi connectivity index (χ4v) is 3.13. The van der Waals surface area contributed by atoms with E-state index >= 15 is 0 Å². The number of alkyl halides is 1. The number of nitrogens with zero attached hydrogens (tertiary/aromatic N) is 1. The Morgan fingerprint density at radius 3 is 3.27 bits per heavy atom. The minimum absolute atomic E-state index is 0.554. The van der Waals surface area contributed by atoms with Crippen LogP contribution >= 0.6 is 27.3 Å². The van der Waals surface area contributed by atoms with Gasteiger partial charge in [0.1, 0.15) is 0 Å². The molecule has 0 bridgehead atoms. The second kappa shape index (κ2) is 5.99. The average molecular weight is 290 g/mol. The molecule has 1 unspecified atom stereocenters. The van der Waals surface area contributed by atoms with Gasteiger partial charge in [-0.05, 0) is 17.9 Å². The summed E-state index contributed by atoms with van der Waals surface area (Å²) in [6.45, 7) is 3.98. The zero-order chi connectivity index (χ0) is 10.5. The van der Waals surface area contributed by atoms with Gasteiger partial charge in [0.25, 0.3) is 0 Å². The fraction of sp³-hybridized carbons (Fsp3) is 0.636. The third-order valence-corrected chi connectivity index (χ3v) is 4.44. The molecule has 1 aliphatic heterocycles. The molecule has 1 aromatic rings. The molecule has 4 heteroatoms. The normalized spacial score (nSPS) is 23.1. The molecule has 84 valence electrons. The van der Waals surface area contributed by atoms with Gasteiger partial charge >= 0.3 is 0 Å². The summed E-state index contributed by atoms with van der Waals surface area (Å²) >= 11 is 5.40. The Hall–Kier alpha value is 0.100. The Balaban J connectivity index is 1.81. The van der Waals surface area contributed by atoms with Crippen LogP contribution in [0.4, 0.5) is 0 Å². The smallest absolute Gasteiger partial charge is 0.0630 e. The molecule has 0 aliphatic carbocycles. The highest BCUT2D eigenvalue weighted by Gasteiger charge is 2.21. The highest BCUT2D eigenvalue weighted by Crippen LogP contribution is 2.13. The van der Waals surface area contributed by atoms with Crippen molar-refractivity contribution < 1.29 is 4.74 Å². The summed E-state index contributed by atoms with van der Waals surface area (Å²) in [5, 5.41) is 3.16. The third-order valence-electron chi connectivity index (χ3n) is 2.75. The van der Waals surface area contributed by atoms with E-state index in [2.05, 4.69) is 38.3 Å². The van der Waals surface area contributed by atoms with Gasteiger partial charge in [-0.3, -0.25) is 4.90 Å². The van der Waals surface area contributed by atoms with Crippen molar-refractivity contribution in [2.24, 2.45) is 0 Å². The first-order chi connectivity index (χ1) is 7.40. The lowest BCUT2D eigenvalue weighted by atomic mass is 10.2. The highest BCUT2D eigenvalue weighted by molar-refractivity contribution is 9.09. The first-order valence-electron chi connectivity index (χ1n) is 5.30. The van der Waals surface area contributed by atoms with E-state index in [1.165, 1.54) is 11.3 Å². The summed E-state index contributed by atoms with van der Waals surface area (Å²) in [6, 6.07) is 4.90. The van der Waals surface area contributed by atoms with Crippen molar-refractivity contribution in [1.82, 2.24) is 4.90 Å². The molecule has 2 rings (SSSR count). The van der Waals surface area contributed by atoms with E-state index in [0.29, 0.717) is 6.04 Å². The number of hydrogen-bond donors (Lipinski definition) is 0. The summed E-state index contributed by atoms with van der Waals surface area (Å²) < 4.78 is 5.47. The molecule has 0 saturated carbocycles. The van der Waals surface area contributed by atoms with Crippen molar-refractivity contribution in [2.45, 2.75) is 12.5 Å². The standard InChI is InChI=1S/C11H16BrNOS/c12-8-10-9-14-6-5-13(10)4-3-11-2-1-7-15-11/h1-2,7,10H,3-6,8-9H2. The second-order valence-corrected chi connectivity index (χ2v) is 5.43. The van der Waals surface area contributed by atoms with Crippen molar-refractivity contribution in [3.63, 3.8) is 0 Å². The molecule has 1 aliphatic rings. The summed E-state index contributed by atoms with van der Waals surface area (Å²) in [5.41, 5.74) is 0. The van der Waals surface area contributed by atoms with Crippen LogP contribution < -0.4 is 0 Å². The summed E-state index contributed by atoms with van der Waals surface area (Å²) in [6.07, 6.45) is 1.17. The topological polar surface area (TPSA) is 12.5 Å². The van der Waals surface area contributed by atoms with Gasteiger partial charge in [-0.1, -0.05) is 22.0 Å². The lowest BCUT2D eigenvalue weighted by Crippen LogP contribution is -2.47. The van der Waals surface area contributed by atoms with Gasteiger partial charge in [-0.15, -0.1) is 11.3 Å². The van der Waals surface area contributed by atoms with E-state index in [0.717, 1.165) is 31.6 Å². The van der Waals surface area contributed by atoms with Gasteiger partial charge < -0.3 is 4.74 Å². The van der Waals surface area contributed by atoms with Crippen molar-refractivity contribution in [2.75, 3.05) is 31.6 Å². The van der Waals surface area contributed by atoms with Gasteiger partial charge in [-0.25, -0.2) is 0 Å². The van der Waals surface area contributed by atoms with Crippen LogP contribution in [-0.2, 0) is 11.2 Å². The number of ether oxygens (including phenoxy) is 1. The maximum Gasteiger partial charge on any atom is 0.0630 e. The van der Waals surface area contributed by atoms with Gasteiger partial charge in [0, 0.05) is 29.3 Å². The Morgan fingerprint density at radius 1 is 1.60 bits per heavy atom. The predicted octanol–water partition coefficient (Wildman–Crippen LogP) is 2.39. The SMILES string of the molecule is BrCC1COCCN1CCc1cccs1. The molecule has 1 fully saturated rings. The van der Waals surface area contributed by atoms with Crippen LogP contribution in [0.15, 0.2) is 17.5 Å². The monoisotopic (exact) mass is 289 g/mol. The van der Waals surface area contributed by atoms with Gasteiger partial charge in [-0.2, -0.15) is 0 Å². The highest BCUT2D eigenvalue weighted by atomic mass is 79.9. The van der Waals surface area contributed by atoms with Crippen LogP contribution in [0.5, 0.6) is 0 Å². The van der Waals surface area contributed by atoms with E-state index in [-0.39, 0.29) is 0 Å². The largest absolute Gasteiger partial charge is 0.378 e. The van der Waals surface area contributed by atoms with Crippen LogP contribution in [0, 0.1) is 0 Å². The molecule has 0 spiro atoms. The average Bonchev–Trinajstić information content (AvgIpc) is 2.79. The van der Waals surface area contributed by atoms with Crippen LogP contribution in [0.3, 0.4) is 0 Å². The molecule has 2 nitrogen and oxygen atoms in total. The van der Waals surface area contributed by atoms with Crippen molar-refractivity contribution in [1.29, 1.82) is 0 Å². The van der Waals surface area contributed by atoms with Crippen molar-refractivity contribution in [3.05, 3.63) is 22.4 Å². The fourth-order valence-electron chi connectivity index (χ4n) is 1.83. The molecule has 0 amide bonds. The Kier molecular flexibility index (Phi) is 4.62. The van der Waals surface area contributed by atoms with Gasteiger partial charge in [0.2, 0.25) is 0 Å².